The van der Waals surface area contributed by atoms with Gasteiger partial charge in [0, 0.05) is 17.5 Å². The Morgan fingerprint density at radius 2 is 2.13 bits per heavy atom. The molecule has 0 amide bonds. The van der Waals surface area contributed by atoms with Crippen molar-refractivity contribution in [3.8, 4) is 5.75 Å². The van der Waals surface area contributed by atoms with E-state index in [1.165, 1.54) is 18.2 Å². The number of benzene rings is 1. The molecule has 0 saturated carbocycles. The minimum atomic E-state index is -1.16. The van der Waals surface area contributed by atoms with E-state index in [2.05, 4.69) is 0 Å². The van der Waals surface area contributed by atoms with Gasteiger partial charge in [0.1, 0.15) is 11.3 Å². The molecule has 0 aliphatic heterocycles. The standard InChI is InChI=1S/C10H9ClO4/c1-2-9(12)15-8-5-6(11)3-4-7(8)10(13)14/h3-5H,2H2,1H3,(H,13,14). The van der Waals surface area contributed by atoms with E-state index in [0.29, 0.717) is 5.02 Å². The van der Waals surface area contributed by atoms with Crippen LogP contribution in [0.15, 0.2) is 18.2 Å². The molecular weight excluding hydrogens is 220 g/mol. The van der Waals surface area contributed by atoms with Crippen molar-refractivity contribution < 1.29 is 19.4 Å². The third kappa shape index (κ3) is 2.95. The molecule has 0 aliphatic rings. The minimum absolute atomic E-state index is 0.0261. The Balaban J connectivity index is 3.07. The van der Waals surface area contributed by atoms with E-state index in [4.69, 9.17) is 21.4 Å². The molecule has 0 unspecified atom stereocenters. The molecule has 1 rings (SSSR count). The maximum atomic E-state index is 11.0. The van der Waals surface area contributed by atoms with Crippen LogP contribution in [-0.2, 0) is 4.79 Å². The number of carbonyl (C=O) groups excluding carboxylic acids is 1. The number of esters is 1. The molecule has 0 atom stereocenters. The highest BCUT2D eigenvalue weighted by molar-refractivity contribution is 6.30. The molecule has 0 heterocycles. The van der Waals surface area contributed by atoms with Gasteiger partial charge in [-0.15, -0.1) is 0 Å². The van der Waals surface area contributed by atoms with Crippen molar-refractivity contribution in [1.29, 1.82) is 0 Å². The second-order valence-electron chi connectivity index (χ2n) is 2.77. The quantitative estimate of drug-likeness (QED) is 0.637. The van der Waals surface area contributed by atoms with E-state index in [1.54, 1.807) is 6.92 Å². The predicted molar refractivity (Wildman–Crippen MR) is 54.3 cm³/mol. The first-order valence-electron chi connectivity index (χ1n) is 4.28. The summed E-state index contributed by atoms with van der Waals surface area (Å²) in [4.78, 5) is 21.8. The summed E-state index contributed by atoms with van der Waals surface area (Å²) in [6.07, 6.45) is 0.172. The summed E-state index contributed by atoms with van der Waals surface area (Å²) in [5, 5.41) is 9.13. The van der Waals surface area contributed by atoms with Gasteiger partial charge in [-0.2, -0.15) is 0 Å². The van der Waals surface area contributed by atoms with Gasteiger partial charge in [0.05, 0.1) is 0 Å². The smallest absolute Gasteiger partial charge is 0.339 e. The Bertz CT molecular complexity index is 400. The summed E-state index contributed by atoms with van der Waals surface area (Å²) in [5.74, 6) is -1.69. The Hall–Kier alpha value is -1.55. The van der Waals surface area contributed by atoms with Gasteiger partial charge >= 0.3 is 11.9 Å². The van der Waals surface area contributed by atoms with Crippen molar-refractivity contribution in [3.05, 3.63) is 28.8 Å². The van der Waals surface area contributed by atoms with Gasteiger partial charge in [-0.1, -0.05) is 18.5 Å². The van der Waals surface area contributed by atoms with Crippen LogP contribution in [0.2, 0.25) is 5.02 Å². The summed E-state index contributed by atoms with van der Waals surface area (Å²) in [6, 6.07) is 4.02. The number of halogens is 1. The van der Waals surface area contributed by atoms with Crippen molar-refractivity contribution in [2.45, 2.75) is 13.3 Å². The lowest BCUT2D eigenvalue weighted by molar-refractivity contribution is -0.134. The van der Waals surface area contributed by atoms with Crippen molar-refractivity contribution in [2.75, 3.05) is 0 Å². The highest BCUT2D eigenvalue weighted by atomic mass is 35.5. The van der Waals surface area contributed by atoms with Crippen LogP contribution in [0.25, 0.3) is 0 Å². The van der Waals surface area contributed by atoms with Gasteiger partial charge in [0.15, 0.2) is 0 Å². The van der Waals surface area contributed by atoms with Gasteiger partial charge in [0.2, 0.25) is 0 Å². The molecule has 0 fully saturated rings. The molecule has 1 N–H and O–H groups in total. The molecule has 1 aromatic carbocycles. The number of rotatable bonds is 3. The average Bonchev–Trinajstić information content (AvgIpc) is 2.17. The van der Waals surface area contributed by atoms with Crippen LogP contribution in [0, 0.1) is 0 Å². The van der Waals surface area contributed by atoms with Crippen LogP contribution in [0.5, 0.6) is 5.75 Å². The average molecular weight is 229 g/mol. The van der Waals surface area contributed by atoms with Crippen molar-refractivity contribution >= 4 is 23.5 Å². The first-order valence-corrected chi connectivity index (χ1v) is 4.66. The van der Waals surface area contributed by atoms with Gasteiger partial charge in [-0.25, -0.2) is 4.79 Å². The van der Waals surface area contributed by atoms with Crippen molar-refractivity contribution in [2.24, 2.45) is 0 Å². The zero-order valence-corrected chi connectivity index (χ0v) is 8.75. The molecule has 0 bridgehead atoms. The van der Waals surface area contributed by atoms with Crippen LogP contribution >= 0.6 is 11.6 Å². The Labute approximate surface area is 91.4 Å². The number of carboxylic acid groups (broad SMARTS) is 1. The van der Waals surface area contributed by atoms with E-state index in [1.807, 2.05) is 0 Å². The lowest BCUT2D eigenvalue weighted by atomic mass is 10.2. The van der Waals surface area contributed by atoms with Crippen LogP contribution in [-0.4, -0.2) is 17.0 Å². The largest absolute Gasteiger partial charge is 0.478 e. The maximum absolute atomic E-state index is 11.0. The summed E-state index contributed by atoms with van der Waals surface area (Å²) < 4.78 is 4.83. The normalized spacial score (nSPS) is 9.73. The number of hydrogen-bond acceptors (Lipinski definition) is 3. The fourth-order valence-electron chi connectivity index (χ4n) is 0.952. The van der Waals surface area contributed by atoms with Crippen molar-refractivity contribution in [1.82, 2.24) is 0 Å². The van der Waals surface area contributed by atoms with E-state index in [9.17, 15) is 9.59 Å². The monoisotopic (exact) mass is 228 g/mol. The molecule has 0 saturated heterocycles. The molecule has 0 spiro atoms. The summed E-state index contributed by atoms with van der Waals surface area (Å²) in [6.45, 7) is 1.62. The van der Waals surface area contributed by atoms with Crippen LogP contribution in [0.4, 0.5) is 0 Å². The van der Waals surface area contributed by atoms with Gasteiger partial charge in [0.25, 0.3) is 0 Å². The third-order valence-corrected chi connectivity index (χ3v) is 1.92. The van der Waals surface area contributed by atoms with Crippen LogP contribution in [0.3, 0.4) is 0 Å². The summed E-state index contributed by atoms with van der Waals surface area (Å²) >= 11 is 5.66. The second-order valence-corrected chi connectivity index (χ2v) is 3.21. The van der Waals surface area contributed by atoms with Gasteiger partial charge in [-0.3, -0.25) is 4.79 Å². The predicted octanol–water partition coefficient (Wildman–Crippen LogP) is 2.35. The topological polar surface area (TPSA) is 63.6 Å². The number of carbonyl (C=O) groups is 2. The SMILES string of the molecule is CCC(=O)Oc1cc(Cl)ccc1C(=O)O. The van der Waals surface area contributed by atoms with Crippen LogP contribution < -0.4 is 4.74 Å². The van der Waals surface area contributed by atoms with E-state index in [0.717, 1.165) is 0 Å². The molecule has 0 radical (unpaired) electrons. The molecule has 1 aromatic rings. The zero-order valence-electron chi connectivity index (χ0n) is 7.99. The third-order valence-electron chi connectivity index (χ3n) is 1.69. The van der Waals surface area contributed by atoms with Gasteiger partial charge in [-0.05, 0) is 12.1 Å². The number of ether oxygens (including phenoxy) is 1. The lowest BCUT2D eigenvalue weighted by Gasteiger charge is -2.06. The first-order chi connectivity index (χ1) is 7.04. The maximum Gasteiger partial charge on any atom is 0.339 e. The number of carboxylic acids is 1. The molecule has 80 valence electrons. The zero-order chi connectivity index (χ0) is 11.4. The lowest BCUT2D eigenvalue weighted by Crippen LogP contribution is -2.09. The molecule has 5 heteroatoms. The highest BCUT2D eigenvalue weighted by Gasteiger charge is 2.14. The molecule has 4 nitrogen and oxygen atoms in total. The van der Waals surface area contributed by atoms with E-state index >= 15 is 0 Å². The number of aromatic carboxylic acids is 1. The Morgan fingerprint density at radius 1 is 1.47 bits per heavy atom. The Morgan fingerprint density at radius 3 is 2.67 bits per heavy atom. The van der Waals surface area contributed by atoms with Crippen molar-refractivity contribution in [3.63, 3.8) is 0 Å². The van der Waals surface area contributed by atoms with Crippen LogP contribution in [0.1, 0.15) is 23.7 Å². The summed E-state index contributed by atoms with van der Waals surface area (Å²) in [7, 11) is 0. The fourth-order valence-corrected chi connectivity index (χ4v) is 1.11. The Kier molecular flexibility index (Phi) is 3.68. The second kappa shape index (κ2) is 4.79. The van der Waals surface area contributed by atoms with E-state index < -0.39 is 11.9 Å². The first kappa shape index (κ1) is 11.5. The van der Waals surface area contributed by atoms with E-state index in [-0.39, 0.29) is 17.7 Å². The molecule has 0 aromatic heterocycles. The highest BCUT2D eigenvalue weighted by Crippen LogP contribution is 2.23. The molecular formula is C10H9ClO4. The number of hydrogen-bond donors (Lipinski definition) is 1. The summed E-state index contributed by atoms with van der Waals surface area (Å²) in [5.41, 5.74) is -0.0822. The molecule has 15 heavy (non-hydrogen) atoms. The molecule has 0 aliphatic carbocycles. The van der Waals surface area contributed by atoms with Gasteiger partial charge < -0.3 is 9.84 Å². The minimum Gasteiger partial charge on any atom is -0.478 e. The fraction of sp³-hybridized carbons (Fsp3) is 0.200.